The van der Waals surface area contributed by atoms with E-state index in [1.165, 1.54) is 0 Å². The van der Waals surface area contributed by atoms with Crippen molar-refractivity contribution in [3.8, 4) is 11.1 Å². The van der Waals surface area contributed by atoms with Crippen LogP contribution in [0.1, 0.15) is 0 Å². The molecular weight excluding hydrogens is 378 g/mol. The van der Waals surface area contributed by atoms with E-state index in [1.807, 2.05) is 48.7 Å². The number of para-hydroxylation sites is 1. The summed E-state index contributed by atoms with van der Waals surface area (Å²) >= 11 is 0. The van der Waals surface area contributed by atoms with Crippen LogP contribution in [0, 0.1) is 0 Å². The smallest absolute Gasteiger partial charge is 0.221 e. The maximum atomic E-state index is 5.86. The van der Waals surface area contributed by atoms with Gasteiger partial charge in [0.05, 0.1) is 30.6 Å². The highest BCUT2D eigenvalue weighted by molar-refractivity contribution is 5.84. The van der Waals surface area contributed by atoms with Crippen molar-refractivity contribution in [3.63, 3.8) is 0 Å². The summed E-state index contributed by atoms with van der Waals surface area (Å²) in [4.78, 5) is 19.9. The predicted molar refractivity (Wildman–Crippen MR) is 118 cm³/mol. The molecule has 0 saturated carbocycles. The molecule has 1 fully saturated rings. The second-order valence-electron chi connectivity index (χ2n) is 7.04. The second kappa shape index (κ2) is 7.92. The molecule has 30 heavy (non-hydrogen) atoms. The summed E-state index contributed by atoms with van der Waals surface area (Å²) < 4.78 is 5.41. The van der Waals surface area contributed by atoms with Crippen molar-refractivity contribution in [2.75, 3.05) is 42.3 Å². The Morgan fingerprint density at radius 2 is 1.80 bits per heavy atom. The Bertz CT molecular complexity index is 1170. The molecular formula is C22H21N7O. The summed E-state index contributed by atoms with van der Waals surface area (Å²) in [5.41, 5.74) is 9.35. The fourth-order valence-electron chi connectivity index (χ4n) is 3.50. The summed E-state index contributed by atoms with van der Waals surface area (Å²) in [6.45, 7) is 3.14. The molecule has 1 aliphatic rings. The van der Waals surface area contributed by atoms with Gasteiger partial charge in [0.15, 0.2) is 0 Å². The van der Waals surface area contributed by atoms with Gasteiger partial charge in [0.2, 0.25) is 5.95 Å². The Hall–Kier alpha value is -3.78. The topological polar surface area (TPSA) is 102 Å². The molecule has 8 heteroatoms. The number of rotatable bonds is 4. The van der Waals surface area contributed by atoms with Gasteiger partial charge in [0.1, 0.15) is 11.6 Å². The van der Waals surface area contributed by atoms with E-state index < -0.39 is 0 Å². The first kappa shape index (κ1) is 18.3. The third kappa shape index (κ3) is 3.72. The van der Waals surface area contributed by atoms with Gasteiger partial charge in [0, 0.05) is 42.0 Å². The molecule has 8 nitrogen and oxygen atoms in total. The molecule has 0 spiro atoms. The molecule has 0 atom stereocenters. The van der Waals surface area contributed by atoms with Crippen LogP contribution in [-0.2, 0) is 4.74 Å². The van der Waals surface area contributed by atoms with Gasteiger partial charge in [-0.15, -0.1) is 0 Å². The van der Waals surface area contributed by atoms with Crippen molar-refractivity contribution in [3.05, 3.63) is 61.1 Å². The first-order chi connectivity index (χ1) is 14.8. The lowest BCUT2D eigenvalue weighted by Gasteiger charge is -2.27. The standard InChI is InChI=1S/C22H21N7O/c23-22-26-14-18(16-5-6-20(25-12-16)29-7-9-30-10-8-29)21(28-22)27-17-11-15-3-1-2-4-19(15)24-13-17/h1-6,11-14H,7-10H2,(H3,23,26,27,28). The first-order valence-electron chi connectivity index (χ1n) is 9.80. The van der Waals surface area contributed by atoms with E-state index in [2.05, 4.69) is 30.2 Å². The molecule has 0 unspecified atom stereocenters. The van der Waals surface area contributed by atoms with Crippen LogP contribution in [0.3, 0.4) is 0 Å². The predicted octanol–water partition coefficient (Wildman–Crippen LogP) is 3.25. The van der Waals surface area contributed by atoms with E-state index in [9.17, 15) is 0 Å². The lowest BCUT2D eigenvalue weighted by molar-refractivity contribution is 0.122. The van der Waals surface area contributed by atoms with Crippen LogP contribution in [0.5, 0.6) is 0 Å². The van der Waals surface area contributed by atoms with Crippen LogP contribution in [-0.4, -0.2) is 46.2 Å². The Morgan fingerprint density at radius 3 is 2.63 bits per heavy atom. The SMILES string of the molecule is Nc1ncc(-c2ccc(N3CCOCC3)nc2)c(Nc2cnc3ccccc3c2)n1. The summed E-state index contributed by atoms with van der Waals surface area (Å²) in [7, 11) is 0. The highest BCUT2D eigenvalue weighted by Gasteiger charge is 2.14. The number of anilines is 4. The van der Waals surface area contributed by atoms with Crippen molar-refractivity contribution in [2.45, 2.75) is 0 Å². The number of nitrogens with one attached hydrogen (secondary N) is 1. The number of nitrogen functional groups attached to an aromatic ring is 1. The zero-order valence-electron chi connectivity index (χ0n) is 16.3. The van der Waals surface area contributed by atoms with Crippen molar-refractivity contribution < 1.29 is 4.74 Å². The molecule has 0 aliphatic carbocycles. The van der Waals surface area contributed by atoms with Crippen molar-refractivity contribution in [1.82, 2.24) is 19.9 Å². The second-order valence-corrected chi connectivity index (χ2v) is 7.04. The van der Waals surface area contributed by atoms with E-state index in [1.54, 1.807) is 12.4 Å². The number of nitrogens with two attached hydrogens (primary N) is 1. The monoisotopic (exact) mass is 399 g/mol. The van der Waals surface area contributed by atoms with Gasteiger partial charge < -0.3 is 20.7 Å². The zero-order chi connectivity index (χ0) is 20.3. The minimum Gasteiger partial charge on any atom is -0.378 e. The van der Waals surface area contributed by atoms with Gasteiger partial charge in [0.25, 0.3) is 0 Å². The Balaban J connectivity index is 1.45. The third-order valence-electron chi connectivity index (χ3n) is 5.05. The van der Waals surface area contributed by atoms with Crippen LogP contribution in [0.4, 0.5) is 23.3 Å². The number of pyridine rings is 2. The highest BCUT2D eigenvalue weighted by Crippen LogP contribution is 2.30. The maximum Gasteiger partial charge on any atom is 0.221 e. The fourth-order valence-corrected chi connectivity index (χ4v) is 3.50. The van der Waals surface area contributed by atoms with Gasteiger partial charge in [-0.2, -0.15) is 4.98 Å². The number of aromatic nitrogens is 4. The summed E-state index contributed by atoms with van der Waals surface area (Å²) in [6, 6.07) is 14.0. The lowest BCUT2D eigenvalue weighted by atomic mass is 10.1. The molecule has 3 aromatic heterocycles. The maximum absolute atomic E-state index is 5.86. The molecule has 0 amide bonds. The average Bonchev–Trinajstić information content (AvgIpc) is 2.80. The molecule has 4 aromatic rings. The normalized spacial score (nSPS) is 14.1. The van der Waals surface area contributed by atoms with Gasteiger partial charge in [-0.3, -0.25) is 4.98 Å². The van der Waals surface area contributed by atoms with Crippen molar-refractivity contribution in [2.24, 2.45) is 0 Å². The van der Waals surface area contributed by atoms with Crippen LogP contribution in [0.15, 0.2) is 61.1 Å². The van der Waals surface area contributed by atoms with Crippen molar-refractivity contribution in [1.29, 1.82) is 0 Å². The number of hydrogen-bond donors (Lipinski definition) is 2. The van der Waals surface area contributed by atoms with E-state index in [0.717, 1.165) is 59.8 Å². The largest absolute Gasteiger partial charge is 0.378 e. The summed E-state index contributed by atoms with van der Waals surface area (Å²) in [6.07, 6.45) is 5.33. The Morgan fingerprint density at radius 1 is 0.933 bits per heavy atom. The summed E-state index contributed by atoms with van der Waals surface area (Å²) in [5, 5.41) is 4.38. The fraction of sp³-hybridized carbons (Fsp3) is 0.182. The quantitative estimate of drug-likeness (QED) is 0.539. The molecule has 0 bridgehead atoms. The highest BCUT2D eigenvalue weighted by atomic mass is 16.5. The van der Waals surface area contributed by atoms with E-state index in [0.29, 0.717) is 5.82 Å². The van der Waals surface area contributed by atoms with Crippen molar-refractivity contribution >= 4 is 34.2 Å². The van der Waals surface area contributed by atoms with E-state index >= 15 is 0 Å². The molecule has 5 rings (SSSR count). The number of benzene rings is 1. The van der Waals surface area contributed by atoms with Gasteiger partial charge in [-0.25, -0.2) is 9.97 Å². The van der Waals surface area contributed by atoms with E-state index in [-0.39, 0.29) is 5.95 Å². The molecule has 4 heterocycles. The van der Waals surface area contributed by atoms with Crippen LogP contribution >= 0.6 is 0 Å². The molecule has 1 saturated heterocycles. The molecule has 0 radical (unpaired) electrons. The first-order valence-corrected chi connectivity index (χ1v) is 9.80. The molecule has 3 N–H and O–H groups in total. The number of ether oxygens (including phenoxy) is 1. The van der Waals surface area contributed by atoms with Crippen LogP contribution in [0.25, 0.3) is 22.0 Å². The Kier molecular flexibility index (Phi) is 4.82. The zero-order valence-corrected chi connectivity index (χ0v) is 16.3. The third-order valence-corrected chi connectivity index (χ3v) is 5.05. The minimum atomic E-state index is 0.202. The van der Waals surface area contributed by atoms with Crippen LogP contribution < -0.4 is 16.0 Å². The number of hydrogen-bond acceptors (Lipinski definition) is 8. The van der Waals surface area contributed by atoms with Crippen LogP contribution in [0.2, 0.25) is 0 Å². The molecule has 1 aromatic carbocycles. The number of morpholine rings is 1. The van der Waals surface area contributed by atoms with Gasteiger partial charge >= 0.3 is 0 Å². The van der Waals surface area contributed by atoms with E-state index in [4.69, 9.17) is 10.5 Å². The lowest BCUT2D eigenvalue weighted by Crippen LogP contribution is -2.36. The average molecular weight is 399 g/mol. The minimum absolute atomic E-state index is 0.202. The molecule has 150 valence electrons. The number of nitrogens with zero attached hydrogens (tertiary/aromatic N) is 5. The van der Waals surface area contributed by atoms with Gasteiger partial charge in [-0.05, 0) is 24.3 Å². The Labute approximate surface area is 173 Å². The summed E-state index contributed by atoms with van der Waals surface area (Å²) in [5.74, 6) is 1.75. The molecule has 1 aliphatic heterocycles. The van der Waals surface area contributed by atoms with Gasteiger partial charge in [-0.1, -0.05) is 18.2 Å². The number of fused-ring (bicyclic) bond motifs is 1.